The van der Waals surface area contributed by atoms with E-state index in [0.29, 0.717) is 17.8 Å². The smallest absolute Gasteiger partial charge is 0.256 e. The molecule has 0 bridgehead atoms. The predicted octanol–water partition coefficient (Wildman–Crippen LogP) is 4.03. The van der Waals surface area contributed by atoms with Crippen LogP contribution in [0.1, 0.15) is 22.3 Å². The lowest BCUT2D eigenvalue weighted by Gasteiger charge is -2.19. The third-order valence-corrected chi connectivity index (χ3v) is 6.81. The van der Waals surface area contributed by atoms with Crippen LogP contribution in [0.25, 0.3) is 0 Å². The maximum absolute atomic E-state index is 13.0. The summed E-state index contributed by atoms with van der Waals surface area (Å²) in [5.41, 5.74) is 1.73. The van der Waals surface area contributed by atoms with Gasteiger partial charge in [-0.2, -0.15) is 0 Å². The van der Waals surface area contributed by atoms with E-state index in [1.54, 1.807) is 48.3 Å². The molecule has 3 aromatic carbocycles. The van der Waals surface area contributed by atoms with E-state index in [2.05, 4.69) is 26.0 Å². The number of carbonyl (C=O) groups excluding carboxylic acids is 2. The molecule has 0 radical (unpaired) electrons. The van der Waals surface area contributed by atoms with Crippen LogP contribution in [-0.2, 0) is 21.4 Å². The predicted molar refractivity (Wildman–Crippen MR) is 131 cm³/mol. The molecule has 3 aromatic rings. The Morgan fingerprint density at radius 2 is 1.55 bits per heavy atom. The first-order valence-corrected chi connectivity index (χ1v) is 12.5. The molecule has 2 N–H and O–H groups in total. The summed E-state index contributed by atoms with van der Waals surface area (Å²) in [4.78, 5) is 27.1. The van der Waals surface area contributed by atoms with Crippen molar-refractivity contribution in [2.75, 3.05) is 18.9 Å². The van der Waals surface area contributed by atoms with Crippen molar-refractivity contribution >= 4 is 43.5 Å². The zero-order valence-electron chi connectivity index (χ0n) is 18.0. The van der Waals surface area contributed by atoms with Crippen molar-refractivity contribution in [1.29, 1.82) is 0 Å². The van der Waals surface area contributed by atoms with E-state index in [0.717, 1.165) is 10.0 Å². The van der Waals surface area contributed by atoms with Crippen LogP contribution in [-0.4, -0.2) is 38.7 Å². The van der Waals surface area contributed by atoms with Crippen LogP contribution in [0.2, 0.25) is 0 Å². The second-order valence-corrected chi connectivity index (χ2v) is 10.0. The normalized spacial score (nSPS) is 11.1. The van der Waals surface area contributed by atoms with Crippen molar-refractivity contribution in [2.24, 2.45) is 0 Å². The van der Waals surface area contributed by atoms with Gasteiger partial charge in [0.15, 0.2) is 0 Å². The van der Waals surface area contributed by atoms with Crippen LogP contribution >= 0.6 is 15.9 Å². The number of hydrogen-bond donors (Lipinski definition) is 2. The van der Waals surface area contributed by atoms with E-state index in [-0.39, 0.29) is 23.8 Å². The molecule has 0 unspecified atom stereocenters. The Kier molecular flexibility index (Phi) is 8.37. The highest BCUT2D eigenvalue weighted by Gasteiger charge is 2.18. The third kappa shape index (κ3) is 6.98. The minimum Gasteiger partial charge on any atom is -0.337 e. The maximum atomic E-state index is 13.0. The zero-order chi connectivity index (χ0) is 23.8. The van der Waals surface area contributed by atoms with Gasteiger partial charge in [0.05, 0.1) is 16.1 Å². The molecule has 0 spiro atoms. The highest BCUT2D eigenvalue weighted by atomic mass is 79.9. The van der Waals surface area contributed by atoms with Crippen molar-refractivity contribution in [3.05, 3.63) is 94.5 Å². The Morgan fingerprint density at radius 3 is 2.24 bits per heavy atom. The van der Waals surface area contributed by atoms with E-state index in [1.807, 2.05) is 30.3 Å². The van der Waals surface area contributed by atoms with Crippen molar-refractivity contribution in [1.82, 2.24) is 9.62 Å². The summed E-state index contributed by atoms with van der Waals surface area (Å²) in [5.74, 6) is -0.634. The summed E-state index contributed by atoms with van der Waals surface area (Å²) in [6.07, 6.45) is -0.0852. The van der Waals surface area contributed by atoms with Gasteiger partial charge in [-0.1, -0.05) is 58.4 Å². The SMILES string of the molecule is CN(Cc1ccccc1)C(=O)c1ccccc1NC(=O)CCNS(=O)(=O)c1ccc(Br)cc1. The Bertz CT molecular complexity index is 1220. The number of amides is 2. The molecule has 0 aliphatic carbocycles. The molecule has 0 fully saturated rings. The van der Waals surface area contributed by atoms with Crippen LogP contribution < -0.4 is 10.0 Å². The van der Waals surface area contributed by atoms with Gasteiger partial charge in [0, 0.05) is 31.0 Å². The van der Waals surface area contributed by atoms with Gasteiger partial charge < -0.3 is 10.2 Å². The number of para-hydroxylation sites is 1. The fourth-order valence-corrected chi connectivity index (χ4v) is 4.42. The minimum atomic E-state index is -3.72. The van der Waals surface area contributed by atoms with E-state index < -0.39 is 15.9 Å². The maximum Gasteiger partial charge on any atom is 0.256 e. The summed E-state index contributed by atoms with van der Waals surface area (Å²) in [7, 11) is -2.02. The third-order valence-electron chi connectivity index (χ3n) is 4.81. The largest absolute Gasteiger partial charge is 0.337 e. The number of halogens is 1. The quantitative estimate of drug-likeness (QED) is 0.437. The van der Waals surface area contributed by atoms with Crippen molar-refractivity contribution in [2.45, 2.75) is 17.9 Å². The molecule has 172 valence electrons. The van der Waals surface area contributed by atoms with Gasteiger partial charge in [-0.05, 0) is 42.0 Å². The van der Waals surface area contributed by atoms with Crippen molar-refractivity contribution in [3.8, 4) is 0 Å². The average Bonchev–Trinajstić information content (AvgIpc) is 2.80. The molecule has 2 amide bonds. The molecule has 0 aliphatic heterocycles. The van der Waals surface area contributed by atoms with Gasteiger partial charge in [0.1, 0.15) is 0 Å². The Hall–Kier alpha value is -3.01. The Morgan fingerprint density at radius 1 is 0.909 bits per heavy atom. The first-order valence-electron chi connectivity index (χ1n) is 10.2. The van der Waals surface area contributed by atoms with Crippen LogP contribution in [0.5, 0.6) is 0 Å². The Balaban J connectivity index is 1.59. The molecule has 0 aliphatic rings. The van der Waals surface area contributed by atoms with Gasteiger partial charge in [0.25, 0.3) is 5.91 Å². The molecule has 0 aromatic heterocycles. The van der Waals surface area contributed by atoms with Crippen LogP contribution in [0, 0.1) is 0 Å². The van der Waals surface area contributed by atoms with Gasteiger partial charge in [-0.25, -0.2) is 13.1 Å². The number of nitrogens with one attached hydrogen (secondary N) is 2. The number of benzene rings is 3. The first-order chi connectivity index (χ1) is 15.8. The topological polar surface area (TPSA) is 95.6 Å². The molecule has 0 saturated heterocycles. The van der Waals surface area contributed by atoms with Crippen LogP contribution in [0.3, 0.4) is 0 Å². The van der Waals surface area contributed by atoms with Gasteiger partial charge in [0.2, 0.25) is 15.9 Å². The van der Waals surface area contributed by atoms with E-state index in [4.69, 9.17) is 0 Å². The fraction of sp³-hybridized carbons (Fsp3) is 0.167. The molecule has 3 rings (SSSR count). The number of carbonyl (C=O) groups is 2. The molecule has 0 heterocycles. The summed E-state index contributed by atoms with van der Waals surface area (Å²) >= 11 is 3.26. The zero-order valence-corrected chi connectivity index (χ0v) is 20.4. The molecule has 0 saturated carbocycles. The minimum absolute atomic E-state index is 0.0751. The molecular formula is C24H24BrN3O4S. The number of nitrogens with zero attached hydrogens (tertiary/aromatic N) is 1. The van der Waals surface area contributed by atoms with Crippen molar-refractivity contribution in [3.63, 3.8) is 0 Å². The summed E-state index contributed by atoms with van der Waals surface area (Å²) in [6.45, 7) is 0.355. The number of hydrogen-bond acceptors (Lipinski definition) is 4. The molecular weight excluding hydrogens is 506 g/mol. The Labute approximate surface area is 202 Å². The monoisotopic (exact) mass is 529 g/mol. The lowest BCUT2D eigenvalue weighted by molar-refractivity contribution is -0.116. The molecule has 7 nitrogen and oxygen atoms in total. The lowest BCUT2D eigenvalue weighted by atomic mass is 10.1. The van der Waals surface area contributed by atoms with Gasteiger partial charge in [-0.15, -0.1) is 0 Å². The second-order valence-electron chi connectivity index (χ2n) is 7.34. The number of anilines is 1. The van der Waals surface area contributed by atoms with E-state index in [9.17, 15) is 18.0 Å². The highest BCUT2D eigenvalue weighted by molar-refractivity contribution is 9.10. The van der Waals surface area contributed by atoms with E-state index in [1.165, 1.54) is 12.1 Å². The summed E-state index contributed by atoms with van der Waals surface area (Å²) in [6, 6.07) is 22.6. The highest BCUT2D eigenvalue weighted by Crippen LogP contribution is 2.19. The second kappa shape index (κ2) is 11.2. The summed E-state index contributed by atoms with van der Waals surface area (Å²) < 4.78 is 27.9. The van der Waals surface area contributed by atoms with Crippen LogP contribution in [0.4, 0.5) is 5.69 Å². The van der Waals surface area contributed by atoms with Gasteiger partial charge >= 0.3 is 0 Å². The van der Waals surface area contributed by atoms with Crippen molar-refractivity contribution < 1.29 is 18.0 Å². The summed E-state index contributed by atoms with van der Waals surface area (Å²) in [5, 5.41) is 2.72. The standard InChI is InChI=1S/C24H24BrN3O4S/c1-28(17-18-7-3-2-4-8-18)24(30)21-9-5-6-10-22(21)27-23(29)15-16-26-33(31,32)20-13-11-19(25)12-14-20/h2-14,26H,15-17H2,1H3,(H,27,29). The van der Waals surface area contributed by atoms with E-state index >= 15 is 0 Å². The molecule has 9 heteroatoms. The van der Waals surface area contributed by atoms with Crippen LogP contribution in [0.15, 0.2) is 88.2 Å². The molecule has 0 atom stereocenters. The fourth-order valence-electron chi connectivity index (χ4n) is 3.12. The molecule has 33 heavy (non-hydrogen) atoms. The lowest BCUT2D eigenvalue weighted by Crippen LogP contribution is -2.29. The average molecular weight is 530 g/mol. The number of rotatable bonds is 9. The number of sulfonamides is 1. The van der Waals surface area contributed by atoms with Gasteiger partial charge in [-0.3, -0.25) is 9.59 Å². The first kappa shape index (κ1) is 24.6.